The normalized spacial score (nSPS) is 17.5. The summed E-state index contributed by atoms with van der Waals surface area (Å²) in [5, 5.41) is 23.5. The van der Waals surface area contributed by atoms with Crippen LogP contribution in [0.5, 0.6) is 0 Å². The van der Waals surface area contributed by atoms with Crippen molar-refractivity contribution in [1.29, 1.82) is 0 Å². The van der Waals surface area contributed by atoms with E-state index in [2.05, 4.69) is 15.5 Å². The fourth-order valence-electron chi connectivity index (χ4n) is 3.13. The monoisotopic (exact) mass is 334 g/mol. The van der Waals surface area contributed by atoms with Crippen molar-refractivity contribution in [2.45, 2.75) is 45.7 Å². The Morgan fingerprint density at radius 3 is 2.78 bits per heavy atom. The van der Waals surface area contributed by atoms with E-state index in [1.54, 1.807) is 18.3 Å². The lowest BCUT2D eigenvalue weighted by atomic mass is 9.64. The molecule has 23 heavy (non-hydrogen) atoms. The quantitative estimate of drug-likeness (QED) is 0.849. The lowest BCUT2D eigenvalue weighted by Gasteiger charge is -2.46. The molecule has 1 aliphatic rings. The van der Waals surface area contributed by atoms with Gasteiger partial charge < -0.3 is 10.4 Å². The zero-order chi connectivity index (χ0) is 16.4. The lowest BCUT2D eigenvalue weighted by Crippen LogP contribution is -2.47. The maximum absolute atomic E-state index is 12.7. The number of aryl methyl sites for hydroxylation is 2. The molecule has 2 aromatic rings. The molecule has 1 fully saturated rings. The molecule has 2 aromatic heterocycles. The Morgan fingerprint density at radius 1 is 1.52 bits per heavy atom. The number of aliphatic hydroxyl groups is 1. The van der Waals surface area contributed by atoms with E-state index in [-0.39, 0.29) is 24.0 Å². The third-order valence-corrected chi connectivity index (χ3v) is 5.64. The zero-order valence-corrected chi connectivity index (χ0v) is 14.3. The smallest absolute Gasteiger partial charge is 0.274 e. The van der Waals surface area contributed by atoms with Crippen LogP contribution in [-0.4, -0.2) is 32.6 Å². The molecule has 2 heterocycles. The third kappa shape index (κ3) is 2.90. The standard InChI is InChI=1S/C16H22N4O2S/c1-3-20-18-11(2)13(19-20)15(22)17-14(12-6-4-9-23-12)16(10-21)7-5-8-16/h4,6,9,14,21H,3,5,7-8,10H2,1-2H3,(H,17,22). The molecular formula is C16H22N4O2S. The molecule has 1 amide bonds. The van der Waals surface area contributed by atoms with Gasteiger partial charge >= 0.3 is 0 Å². The van der Waals surface area contributed by atoms with Crippen molar-refractivity contribution in [2.24, 2.45) is 5.41 Å². The minimum Gasteiger partial charge on any atom is -0.396 e. The Bertz CT molecular complexity index is 671. The van der Waals surface area contributed by atoms with E-state index in [0.717, 1.165) is 24.1 Å². The Hall–Kier alpha value is -1.73. The summed E-state index contributed by atoms with van der Waals surface area (Å²) >= 11 is 1.61. The van der Waals surface area contributed by atoms with Gasteiger partial charge in [-0.2, -0.15) is 9.90 Å². The average molecular weight is 334 g/mol. The molecule has 2 N–H and O–H groups in total. The molecule has 0 spiro atoms. The molecule has 1 atom stereocenters. The first-order valence-corrected chi connectivity index (χ1v) is 8.84. The molecule has 0 aromatic carbocycles. The highest BCUT2D eigenvalue weighted by atomic mass is 32.1. The van der Waals surface area contributed by atoms with Gasteiger partial charge in [-0.1, -0.05) is 12.5 Å². The van der Waals surface area contributed by atoms with Crippen molar-refractivity contribution < 1.29 is 9.90 Å². The van der Waals surface area contributed by atoms with Crippen LogP contribution in [0, 0.1) is 12.3 Å². The van der Waals surface area contributed by atoms with Crippen molar-refractivity contribution in [1.82, 2.24) is 20.3 Å². The van der Waals surface area contributed by atoms with Crippen molar-refractivity contribution in [2.75, 3.05) is 6.61 Å². The van der Waals surface area contributed by atoms with Crippen LogP contribution in [0.25, 0.3) is 0 Å². The van der Waals surface area contributed by atoms with E-state index in [9.17, 15) is 9.90 Å². The second-order valence-corrected chi connectivity index (χ2v) is 7.10. The van der Waals surface area contributed by atoms with Crippen LogP contribution in [0.15, 0.2) is 17.5 Å². The van der Waals surface area contributed by atoms with Gasteiger partial charge in [0.1, 0.15) is 0 Å². The molecule has 1 aliphatic carbocycles. The van der Waals surface area contributed by atoms with Gasteiger partial charge in [0.25, 0.3) is 5.91 Å². The van der Waals surface area contributed by atoms with Gasteiger partial charge in [0.2, 0.25) is 0 Å². The Kier molecular flexibility index (Phi) is 4.50. The second-order valence-electron chi connectivity index (χ2n) is 6.12. The van der Waals surface area contributed by atoms with Crippen LogP contribution in [-0.2, 0) is 6.54 Å². The summed E-state index contributed by atoms with van der Waals surface area (Å²) in [6.07, 6.45) is 2.93. The molecule has 0 radical (unpaired) electrons. The van der Waals surface area contributed by atoms with E-state index >= 15 is 0 Å². The van der Waals surface area contributed by atoms with Crippen molar-refractivity contribution in [3.8, 4) is 0 Å². The number of amides is 1. The summed E-state index contributed by atoms with van der Waals surface area (Å²) in [6.45, 7) is 4.43. The number of nitrogens with zero attached hydrogens (tertiary/aromatic N) is 3. The molecule has 3 rings (SSSR count). The molecule has 0 aliphatic heterocycles. The Labute approximate surface area is 139 Å². The van der Waals surface area contributed by atoms with Crippen LogP contribution in [0.3, 0.4) is 0 Å². The highest BCUT2D eigenvalue weighted by molar-refractivity contribution is 7.10. The Morgan fingerprint density at radius 2 is 2.30 bits per heavy atom. The third-order valence-electron chi connectivity index (χ3n) is 4.70. The number of rotatable bonds is 6. The number of hydrogen-bond donors (Lipinski definition) is 2. The SMILES string of the molecule is CCn1nc(C)c(C(=O)NC(c2cccs2)C2(CO)CCC2)n1. The largest absolute Gasteiger partial charge is 0.396 e. The fraction of sp³-hybridized carbons (Fsp3) is 0.562. The first-order valence-electron chi connectivity index (χ1n) is 7.96. The van der Waals surface area contributed by atoms with Crippen LogP contribution in [0.1, 0.15) is 53.3 Å². The highest BCUT2D eigenvalue weighted by Crippen LogP contribution is 2.50. The van der Waals surface area contributed by atoms with Gasteiger partial charge in [0, 0.05) is 10.3 Å². The van der Waals surface area contributed by atoms with Crippen LogP contribution < -0.4 is 5.32 Å². The van der Waals surface area contributed by atoms with Crippen molar-refractivity contribution >= 4 is 17.2 Å². The summed E-state index contributed by atoms with van der Waals surface area (Å²) in [5.41, 5.74) is 0.733. The predicted molar refractivity (Wildman–Crippen MR) is 88.3 cm³/mol. The van der Waals surface area contributed by atoms with Gasteiger partial charge in [-0.15, -0.1) is 16.4 Å². The number of carbonyl (C=O) groups excluding carboxylic acids is 1. The molecule has 124 valence electrons. The second kappa shape index (κ2) is 6.41. The van der Waals surface area contributed by atoms with E-state index in [1.165, 1.54) is 4.80 Å². The minimum absolute atomic E-state index is 0.0798. The molecule has 1 unspecified atom stereocenters. The molecule has 1 saturated carbocycles. The maximum atomic E-state index is 12.7. The van der Waals surface area contributed by atoms with E-state index < -0.39 is 0 Å². The first kappa shape index (κ1) is 16.1. The first-order chi connectivity index (χ1) is 11.1. The summed E-state index contributed by atoms with van der Waals surface area (Å²) in [4.78, 5) is 15.3. The zero-order valence-electron chi connectivity index (χ0n) is 13.5. The number of carbonyl (C=O) groups is 1. The van der Waals surface area contributed by atoms with Gasteiger partial charge in [-0.3, -0.25) is 4.79 Å². The van der Waals surface area contributed by atoms with Gasteiger partial charge in [0.05, 0.1) is 24.9 Å². The van der Waals surface area contributed by atoms with Gasteiger partial charge in [-0.05, 0) is 38.1 Å². The van der Waals surface area contributed by atoms with Gasteiger partial charge in [0.15, 0.2) is 5.69 Å². The number of aromatic nitrogens is 3. The number of aliphatic hydroxyl groups excluding tert-OH is 1. The number of hydrogen-bond acceptors (Lipinski definition) is 5. The van der Waals surface area contributed by atoms with Gasteiger partial charge in [-0.25, -0.2) is 0 Å². The van der Waals surface area contributed by atoms with Crippen molar-refractivity contribution in [3.05, 3.63) is 33.8 Å². The topological polar surface area (TPSA) is 80.0 Å². The summed E-state index contributed by atoms with van der Waals surface area (Å²) in [7, 11) is 0. The summed E-state index contributed by atoms with van der Waals surface area (Å²) in [6, 6.07) is 3.81. The molecular weight excluding hydrogens is 312 g/mol. The summed E-state index contributed by atoms with van der Waals surface area (Å²) < 4.78 is 0. The number of nitrogens with one attached hydrogen (secondary N) is 1. The van der Waals surface area contributed by atoms with Crippen LogP contribution >= 0.6 is 11.3 Å². The lowest BCUT2D eigenvalue weighted by molar-refractivity contribution is 0.00701. The fourth-order valence-corrected chi connectivity index (χ4v) is 4.05. The number of thiophene rings is 1. The molecule has 6 nitrogen and oxygen atoms in total. The van der Waals surface area contributed by atoms with E-state index in [1.807, 2.05) is 24.4 Å². The van der Waals surface area contributed by atoms with E-state index in [0.29, 0.717) is 17.9 Å². The van der Waals surface area contributed by atoms with Crippen LogP contribution in [0.2, 0.25) is 0 Å². The van der Waals surface area contributed by atoms with E-state index in [4.69, 9.17) is 0 Å². The minimum atomic E-state index is -0.255. The summed E-state index contributed by atoms with van der Waals surface area (Å²) in [5.74, 6) is -0.222. The highest BCUT2D eigenvalue weighted by Gasteiger charge is 2.45. The Balaban J connectivity index is 1.86. The predicted octanol–water partition coefficient (Wildman–Crippen LogP) is 2.30. The molecule has 7 heteroatoms. The van der Waals surface area contributed by atoms with Crippen molar-refractivity contribution in [3.63, 3.8) is 0 Å². The van der Waals surface area contributed by atoms with Crippen LogP contribution in [0.4, 0.5) is 0 Å². The molecule has 0 saturated heterocycles. The molecule has 0 bridgehead atoms. The average Bonchev–Trinajstić information content (AvgIpc) is 3.14. The maximum Gasteiger partial charge on any atom is 0.274 e.